The number of halogens is 2. The molecule has 1 heterocycles. The molecule has 22 heavy (non-hydrogen) atoms. The lowest BCUT2D eigenvalue weighted by atomic mass is 10.0. The zero-order chi connectivity index (χ0) is 15.5. The molecule has 0 aliphatic carbocycles. The van der Waals surface area contributed by atoms with E-state index < -0.39 is 0 Å². The van der Waals surface area contributed by atoms with Gasteiger partial charge >= 0.3 is 0 Å². The molecular formula is C18H19BrFNS. The number of rotatable bonds is 3. The summed E-state index contributed by atoms with van der Waals surface area (Å²) in [5, 5.41) is 0.468. The van der Waals surface area contributed by atoms with Crippen LogP contribution < -0.4 is 0 Å². The van der Waals surface area contributed by atoms with E-state index in [0.717, 1.165) is 16.5 Å². The van der Waals surface area contributed by atoms with Crippen molar-refractivity contribution in [2.24, 2.45) is 0 Å². The first kappa shape index (κ1) is 16.0. The van der Waals surface area contributed by atoms with E-state index in [1.165, 1.54) is 12.0 Å². The fraction of sp³-hybridized carbons (Fsp3) is 0.333. The number of hydrogen-bond donors (Lipinski definition) is 0. The molecule has 2 atom stereocenters. The molecule has 0 N–H and O–H groups in total. The SMILES string of the molecule is C[C@H]1CCC(c2ccccc2)SN1Cc1ccc(Br)cc1F. The molecule has 3 rings (SSSR count). The first-order valence-corrected chi connectivity index (χ1v) is 9.19. The Balaban J connectivity index is 1.74. The molecule has 0 aromatic heterocycles. The van der Waals surface area contributed by atoms with Crippen LogP contribution in [0.25, 0.3) is 0 Å². The van der Waals surface area contributed by atoms with E-state index in [1.807, 2.05) is 24.1 Å². The van der Waals surface area contributed by atoms with Crippen LogP contribution in [0.3, 0.4) is 0 Å². The van der Waals surface area contributed by atoms with Gasteiger partial charge in [0.1, 0.15) is 5.82 Å². The molecule has 2 aromatic rings. The fourth-order valence-electron chi connectivity index (χ4n) is 2.76. The van der Waals surface area contributed by atoms with E-state index >= 15 is 0 Å². The monoisotopic (exact) mass is 379 g/mol. The minimum Gasteiger partial charge on any atom is -0.243 e. The van der Waals surface area contributed by atoms with Crippen molar-refractivity contribution >= 4 is 27.9 Å². The Morgan fingerprint density at radius 3 is 2.68 bits per heavy atom. The number of benzene rings is 2. The molecule has 1 aliphatic rings. The van der Waals surface area contributed by atoms with Crippen molar-refractivity contribution in [1.82, 2.24) is 4.31 Å². The summed E-state index contributed by atoms with van der Waals surface area (Å²) in [6.45, 7) is 2.87. The summed E-state index contributed by atoms with van der Waals surface area (Å²) in [5.41, 5.74) is 2.12. The maximum absolute atomic E-state index is 14.1. The average molecular weight is 380 g/mol. The van der Waals surface area contributed by atoms with Gasteiger partial charge in [-0.15, -0.1) is 0 Å². The van der Waals surface area contributed by atoms with Gasteiger partial charge in [-0.25, -0.2) is 8.70 Å². The van der Waals surface area contributed by atoms with Crippen LogP contribution >= 0.6 is 27.9 Å². The molecule has 0 spiro atoms. The third-order valence-electron chi connectivity index (χ3n) is 4.11. The van der Waals surface area contributed by atoms with E-state index in [4.69, 9.17) is 0 Å². The van der Waals surface area contributed by atoms with Gasteiger partial charge in [0.25, 0.3) is 0 Å². The maximum atomic E-state index is 14.1. The van der Waals surface area contributed by atoms with E-state index in [1.54, 1.807) is 6.07 Å². The minimum absolute atomic E-state index is 0.135. The first-order chi connectivity index (χ1) is 10.6. The fourth-order valence-corrected chi connectivity index (χ4v) is 4.47. The van der Waals surface area contributed by atoms with Crippen LogP contribution in [0, 0.1) is 5.82 Å². The van der Waals surface area contributed by atoms with Crippen LogP contribution in [0.1, 0.15) is 36.1 Å². The van der Waals surface area contributed by atoms with Gasteiger partial charge in [-0.1, -0.05) is 64.3 Å². The summed E-state index contributed by atoms with van der Waals surface area (Å²) < 4.78 is 17.2. The normalized spacial score (nSPS) is 22.7. The molecule has 4 heteroatoms. The molecule has 0 saturated carbocycles. The average Bonchev–Trinajstić information content (AvgIpc) is 2.53. The van der Waals surface area contributed by atoms with Crippen LogP contribution in [0.5, 0.6) is 0 Å². The van der Waals surface area contributed by atoms with Crippen molar-refractivity contribution in [3.8, 4) is 0 Å². The summed E-state index contributed by atoms with van der Waals surface area (Å²) >= 11 is 5.17. The molecular weight excluding hydrogens is 361 g/mol. The molecule has 1 saturated heterocycles. The van der Waals surface area contributed by atoms with Crippen LogP contribution in [-0.4, -0.2) is 10.3 Å². The molecule has 1 aliphatic heterocycles. The highest BCUT2D eigenvalue weighted by molar-refractivity contribution is 9.10. The highest BCUT2D eigenvalue weighted by Gasteiger charge is 2.27. The lowest BCUT2D eigenvalue weighted by Crippen LogP contribution is -2.31. The first-order valence-electron chi connectivity index (χ1n) is 7.56. The van der Waals surface area contributed by atoms with Crippen molar-refractivity contribution in [2.45, 2.75) is 37.6 Å². The van der Waals surface area contributed by atoms with Crippen molar-refractivity contribution in [3.05, 3.63) is 69.9 Å². The molecule has 0 bridgehead atoms. The molecule has 1 fully saturated rings. The summed E-state index contributed by atoms with van der Waals surface area (Å²) in [5.74, 6) is -0.135. The van der Waals surface area contributed by atoms with Crippen molar-refractivity contribution in [3.63, 3.8) is 0 Å². The lowest BCUT2D eigenvalue weighted by Gasteiger charge is -2.37. The highest BCUT2D eigenvalue weighted by atomic mass is 79.9. The maximum Gasteiger partial charge on any atom is 0.128 e. The Hall–Kier alpha value is -0.840. The second-order valence-corrected chi connectivity index (χ2v) is 7.91. The molecule has 0 amide bonds. The highest BCUT2D eigenvalue weighted by Crippen LogP contribution is 2.43. The summed E-state index contributed by atoms with van der Waals surface area (Å²) in [6.07, 6.45) is 2.32. The summed E-state index contributed by atoms with van der Waals surface area (Å²) in [4.78, 5) is 0. The van der Waals surface area contributed by atoms with Crippen LogP contribution in [0.15, 0.2) is 53.0 Å². The standard InChI is InChI=1S/C18H19BrFNS/c1-13-7-10-18(14-5-3-2-4-6-14)22-21(13)12-15-8-9-16(19)11-17(15)20/h2-6,8-9,11,13,18H,7,10,12H2,1H3/t13-,18?/m0/s1. The summed E-state index contributed by atoms with van der Waals surface area (Å²) in [6, 6.07) is 16.4. The van der Waals surface area contributed by atoms with E-state index in [0.29, 0.717) is 17.8 Å². The quantitative estimate of drug-likeness (QED) is 0.605. The van der Waals surface area contributed by atoms with Crippen molar-refractivity contribution in [1.29, 1.82) is 0 Å². The Morgan fingerprint density at radius 1 is 1.18 bits per heavy atom. The van der Waals surface area contributed by atoms with E-state index in [9.17, 15) is 4.39 Å². The zero-order valence-corrected chi connectivity index (χ0v) is 14.9. The summed E-state index contributed by atoms with van der Waals surface area (Å²) in [7, 11) is 0. The predicted molar refractivity (Wildman–Crippen MR) is 95.1 cm³/mol. The van der Waals surface area contributed by atoms with Crippen molar-refractivity contribution in [2.75, 3.05) is 0 Å². The predicted octanol–water partition coefficient (Wildman–Crippen LogP) is 5.96. The lowest BCUT2D eigenvalue weighted by molar-refractivity contribution is 0.317. The van der Waals surface area contributed by atoms with Crippen LogP contribution in [-0.2, 0) is 6.54 Å². The van der Waals surface area contributed by atoms with Gasteiger partial charge in [-0.2, -0.15) is 0 Å². The number of hydrogen-bond acceptors (Lipinski definition) is 2. The Labute approximate surface area is 144 Å². The zero-order valence-electron chi connectivity index (χ0n) is 12.5. The smallest absolute Gasteiger partial charge is 0.128 e. The minimum atomic E-state index is -0.135. The van der Waals surface area contributed by atoms with E-state index in [2.05, 4.69) is 57.5 Å². The molecule has 1 nitrogen and oxygen atoms in total. The van der Waals surface area contributed by atoms with Gasteiger partial charge in [-0.3, -0.25) is 0 Å². The van der Waals surface area contributed by atoms with Gasteiger partial charge < -0.3 is 0 Å². The van der Waals surface area contributed by atoms with Gasteiger partial charge in [0.05, 0.1) is 0 Å². The van der Waals surface area contributed by atoms with Crippen LogP contribution in [0.2, 0.25) is 0 Å². The molecule has 0 radical (unpaired) electrons. The van der Waals surface area contributed by atoms with Crippen LogP contribution in [0.4, 0.5) is 4.39 Å². The topological polar surface area (TPSA) is 3.24 Å². The third kappa shape index (κ3) is 3.73. The molecule has 2 aromatic carbocycles. The second kappa shape index (κ2) is 7.16. The van der Waals surface area contributed by atoms with Gasteiger partial charge in [0.15, 0.2) is 0 Å². The Bertz CT molecular complexity index is 634. The largest absolute Gasteiger partial charge is 0.243 e. The van der Waals surface area contributed by atoms with Gasteiger partial charge in [-0.05, 0) is 37.5 Å². The Kier molecular flexibility index (Phi) is 5.21. The van der Waals surface area contributed by atoms with Gasteiger partial charge in [0.2, 0.25) is 0 Å². The van der Waals surface area contributed by atoms with Crippen molar-refractivity contribution < 1.29 is 4.39 Å². The molecule has 1 unspecified atom stereocenters. The second-order valence-electron chi connectivity index (χ2n) is 5.74. The van der Waals surface area contributed by atoms with E-state index in [-0.39, 0.29) is 5.82 Å². The Morgan fingerprint density at radius 2 is 1.95 bits per heavy atom. The van der Waals surface area contributed by atoms with Gasteiger partial charge in [0, 0.05) is 27.9 Å². The number of nitrogens with zero attached hydrogens (tertiary/aromatic N) is 1. The molecule has 116 valence electrons. The third-order valence-corrected chi connectivity index (χ3v) is 6.13.